The van der Waals surface area contributed by atoms with Gasteiger partial charge in [0.15, 0.2) is 0 Å². The number of ether oxygens (including phenoxy) is 2. The minimum atomic E-state index is -4.51. The third-order valence-corrected chi connectivity index (χ3v) is 8.08. The van der Waals surface area contributed by atoms with Crippen molar-refractivity contribution in [2.45, 2.75) is 35.4 Å². The Morgan fingerprint density at radius 2 is 1.02 bits per heavy atom. The second-order valence-electron chi connectivity index (χ2n) is 9.18. The standard InChI is InChI=1S/C14H11ClF3NO3S.C14H10ClF3O4S/c2*15-12-7-10(14(16,17)18)4-5-13(12)22-8-9-2-1-3-11(6-9)23(19,20)21/h1-7H,8H2,(H2,19,20,21);1-7H,8H2,(H,19,20,21). The van der Waals surface area contributed by atoms with Crippen molar-refractivity contribution in [2.24, 2.45) is 5.14 Å². The van der Waals surface area contributed by atoms with Crippen LogP contribution in [0.1, 0.15) is 22.3 Å². The van der Waals surface area contributed by atoms with Crippen LogP contribution in [-0.4, -0.2) is 21.4 Å². The van der Waals surface area contributed by atoms with E-state index in [0.717, 1.165) is 36.4 Å². The molecule has 0 aliphatic carbocycles. The maximum absolute atomic E-state index is 12.5. The van der Waals surface area contributed by atoms with Gasteiger partial charge in [-0.15, -0.1) is 0 Å². The van der Waals surface area contributed by atoms with Crippen LogP contribution >= 0.6 is 23.2 Å². The molecule has 8 nitrogen and oxygen atoms in total. The van der Waals surface area contributed by atoms with Crippen molar-refractivity contribution in [3.05, 3.63) is 117 Å². The van der Waals surface area contributed by atoms with Gasteiger partial charge in [0.2, 0.25) is 10.0 Å². The van der Waals surface area contributed by atoms with Crippen LogP contribution in [0.4, 0.5) is 26.3 Å². The van der Waals surface area contributed by atoms with Crippen molar-refractivity contribution in [1.29, 1.82) is 0 Å². The molecule has 0 unspecified atom stereocenters. The fraction of sp³-hybridized carbons (Fsp3) is 0.143. The van der Waals surface area contributed by atoms with Gasteiger partial charge in [-0.05, 0) is 71.8 Å². The third-order valence-electron chi connectivity index (χ3n) is 5.73. The van der Waals surface area contributed by atoms with E-state index in [1.807, 2.05) is 0 Å². The maximum atomic E-state index is 12.5. The fourth-order valence-electron chi connectivity index (χ4n) is 3.52. The number of sulfonamides is 1. The van der Waals surface area contributed by atoms with Crippen LogP contribution in [0, 0.1) is 0 Å². The molecule has 0 aliphatic rings. The summed E-state index contributed by atoms with van der Waals surface area (Å²) >= 11 is 11.5. The Bertz CT molecular complexity index is 1780. The highest BCUT2D eigenvalue weighted by Gasteiger charge is 2.32. The van der Waals surface area contributed by atoms with Crippen LogP contribution in [-0.2, 0) is 45.7 Å². The van der Waals surface area contributed by atoms with Gasteiger partial charge in [-0.3, -0.25) is 4.55 Å². The Hall–Kier alpha value is -3.54. The van der Waals surface area contributed by atoms with Crippen LogP contribution in [0.25, 0.3) is 0 Å². The van der Waals surface area contributed by atoms with Gasteiger partial charge in [0.05, 0.1) is 31.0 Å². The number of hydrogen-bond acceptors (Lipinski definition) is 6. The molecule has 46 heavy (non-hydrogen) atoms. The summed E-state index contributed by atoms with van der Waals surface area (Å²) in [5.41, 5.74) is -0.905. The average molecular weight is 733 g/mol. The minimum Gasteiger partial charge on any atom is -0.487 e. The summed E-state index contributed by atoms with van der Waals surface area (Å²) in [6.45, 7) is -0.205. The molecule has 0 spiro atoms. The molecular formula is C28H21Cl2F6NO7S2. The lowest BCUT2D eigenvalue weighted by Gasteiger charge is -2.11. The first-order valence-corrected chi connectivity index (χ1v) is 16.1. The van der Waals surface area contributed by atoms with Crippen molar-refractivity contribution < 1.29 is 57.2 Å². The maximum Gasteiger partial charge on any atom is 0.416 e. The molecule has 4 rings (SSSR count). The van der Waals surface area contributed by atoms with Gasteiger partial charge >= 0.3 is 12.4 Å². The molecule has 0 saturated heterocycles. The zero-order valence-corrected chi connectivity index (χ0v) is 26.0. The van der Waals surface area contributed by atoms with Crippen molar-refractivity contribution >= 4 is 43.3 Å². The highest BCUT2D eigenvalue weighted by Crippen LogP contribution is 2.36. The van der Waals surface area contributed by atoms with Crippen LogP contribution in [0.5, 0.6) is 11.5 Å². The smallest absolute Gasteiger partial charge is 0.416 e. The highest BCUT2D eigenvalue weighted by atomic mass is 35.5. The molecule has 18 heteroatoms. The number of hydrogen-bond donors (Lipinski definition) is 2. The number of rotatable bonds is 8. The molecular weight excluding hydrogens is 711 g/mol. The van der Waals surface area contributed by atoms with Crippen LogP contribution in [0.3, 0.4) is 0 Å². The van der Waals surface area contributed by atoms with Gasteiger partial charge in [-0.2, -0.15) is 34.8 Å². The van der Waals surface area contributed by atoms with E-state index in [-0.39, 0.29) is 44.5 Å². The molecule has 0 aromatic heterocycles. The van der Waals surface area contributed by atoms with Crippen LogP contribution in [0.2, 0.25) is 10.0 Å². The van der Waals surface area contributed by atoms with E-state index in [1.54, 1.807) is 6.07 Å². The molecule has 0 heterocycles. The van der Waals surface area contributed by atoms with Crippen LogP contribution in [0.15, 0.2) is 94.7 Å². The molecule has 4 aromatic rings. The van der Waals surface area contributed by atoms with E-state index in [2.05, 4.69) is 0 Å². The van der Waals surface area contributed by atoms with Gasteiger partial charge in [0.1, 0.15) is 24.7 Å². The number of halogens is 8. The Morgan fingerprint density at radius 1 is 0.630 bits per heavy atom. The van der Waals surface area contributed by atoms with Crippen molar-refractivity contribution in [2.75, 3.05) is 0 Å². The molecule has 4 aromatic carbocycles. The summed E-state index contributed by atoms with van der Waals surface area (Å²) in [6, 6.07) is 16.4. The summed E-state index contributed by atoms with van der Waals surface area (Å²) in [4.78, 5) is -0.394. The summed E-state index contributed by atoms with van der Waals surface area (Å²) < 4.78 is 139. The van der Waals surface area contributed by atoms with E-state index in [1.165, 1.54) is 42.5 Å². The summed E-state index contributed by atoms with van der Waals surface area (Å²) in [5, 5.41) is 4.61. The van der Waals surface area contributed by atoms with E-state index in [9.17, 15) is 43.2 Å². The third kappa shape index (κ3) is 10.8. The average Bonchev–Trinajstić information content (AvgIpc) is 2.94. The van der Waals surface area contributed by atoms with Gasteiger partial charge in [-0.1, -0.05) is 47.5 Å². The Balaban J connectivity index is 0.000000250. The SMILES string of the molecule is NS(=O)(=O)c1cccc(COc2ccc(C(F)(F)F)cc2Cl)c1.O=S(=O)(O)c1cccc(COc2ccc(C(F)(F)F)cc2Cl)c1. The first-order chi connectivity index (χ1) is 21.1. The quantitative estimate of drug-likeness (QED) is 0.140. The van der Waals surface area contributed by atoms with E-state index in [4.69, 9.17) is 42.4 Å². The molecule has 0 saturated carbocycles. The van der Waals surface area contributed by atoms with Gasteiger partial charge in [0, 0.05) is 0 Å². The Kier molecular flexibility index (Phi) is 11.6. The monoisotopic (exact) mass is 731 g/mol. The van der Waals surface area contributed by atoms with E-state index >= 15 is 0 Å². The number of benzene rings is 4. The first kappa shape index (κ1) is 36.9. The van der Waals surface area contributed by atoms with Gasteiger partial charge < -0.3 is 9.47 Å². The fourth-order valence-corrected chi connectivity index (χ4v) is 5.12. The Morgan fingerprint density at radius 3 is 1.37 bits per heavy atom. The topological polar surface area (TPSA) is 133 Å². The molecule has 0 amide bonds. The number of alkyl halides is 6. The van der Waals surface area contributed by atoms with Gasteiger partial charge in [-0.25, -0.2) is 13.6 Å². The first-order valence-electron chi connectivity index (χ1n) is 12.3. The highest BCUT2D eigenvalue weighted by molar-refractivity contribution is 7.89. The second-order valence-corrected chi connectivity index (χ2v) is 13.0. The molecule has 3 N–H and O–H groups in total. The zero-order valence-electron chi connectivity index (χ0n) is 22.8. The molecule has 0 radical (unpaired) electrons. The molecule has 0 bridgehead atoms. The normalized spacial score (nSPS) is 12.2. The number of primary sulfonamides is 1. The van der Waals surface area contributed by atoms with Gasteiger partial charge in [0.25, 0.3) is 10.1 Å². The molecule has 0 atom stereocenters. The molecule has 0 fully saturated rings. The van der Waals surface area contributed by atoms with E-state index < -0.39 is 43.6 Å². The van der Waals surface area contributed by atoms with Crippen molar-refractivity contribution in [1.82, 2.24) is 0 Å². The van der Waals surface area contributed by atoms with Crippen LogP contribution < -0.4 is 14.6 Å². The second kappa shape index (κ2) is 14.5. The lowest BCUT2D eigenvalue weighted by atomic mass is 10.2. The summed E-state index contributed by atoms with van der Waals surface area (Å²) in [6.07, 6.45) is -9.00. The van der Waals surface area contributed by atoms with E-state index in [0.29, 0.717) is 11.1 Å². The lowest BCUT2D eigenvalue weighted by Crippen LogP contribution is -2.12. The predicted octanol–water partition coefficient (Wildman–Crippen LogP) is 7.77. The predicted molar refractivity (Wildman–Crippen MR) is 156 cm³/mol. The van der Waals surface area contributed by atoms with Crippen molar-refractivity contribution in [3.63, 3.8) is 0 Å². The van der Waals surface area contributed by atoms with Crippen molar-refractivity contribution in [3.8, 4) is 11.5 Å². The number of nitrogens with two attached hydrogens (primary N) is 1. The minimum absolute atomic E-state index is 0.0249. The largest absolute Gasteiger partial charge is 0.487 e. The summed E-state index contributed by atoms with van der Waals surface area (Å²) in [7, 11) is -8.19. The zero-order chi connectivity index (χ0) is 34.5. The lowest BCUT2D eigenvalue weighted by molar-refractivity contribution is -0.138. The Labute approximate surface area is 269 Å². The summed E-state index contributed by atoms with van der Waals surface area (Å²) in [5.74, 6) is 0.0811. The molecule has 248 valence electrons. The molecule has 0 aliphatic heterocycles.